The van der Waals surface area contributed by atoms with Crippen molar-refractivity contribution in [3.63, 3.8) is 0 Å². The highest BCUT2D eigenvalue weighted by atomic mass is 16.5. The summed E-state index contributed by atoms with van der Waals surface area (Å²) in [6, 6.07) is 5.36. The van der Waals surface area contributed by atoms with Crippen LogP contribution in [0.2, 0.25) is 0 Å². The second-order valence-electron chi connectivity index (χ2n) is 5.35. The van der Waals surface area contributed by atoms with Gasteiger partial charge in [0.15, 0.2) is 12.4 Å². The van der Waals surface area contributed by atoms with Gasteiger partial charge >= 0.3 is 0 Å². The number of hydrogen-bond donors (Lipinski definition) is 0. The topological polar surface area (TPSA) is 46.6 Å². The van der Waals surface area contributed by atoms with Gasteiger partial charge < -0.3 is 9.64 Å². The molecule has 0 saturated heterocycles. The van der Waals surface area contributed by atoms with Crippen molar-refractivity contribution < 1.29 is 14.3 Å². The van der Waals surface area contributed by atoms with Crippen molar-refractivity contribution in [2.24, 2.45) is 0 Å². The first kappa shape index (κ1) is 15.5. The van der Waals surface area contributed by atoms with Crippen molar-refractivity contribution in [2.45, 2.75) is 46.0 Å². The number of Topliss-reactive ketones (excluding diaryl/α,β-unsaturated/α-hetero) is 1. The molecule has 0 radical (unpaired) electrons. The van der Waals surface area contributed by atoms with Crippen LogP contribution in [0.4, 0.5) is 5.69 Å². The molecule has 1 heterocycles. The van der Waals surface area contributed by atoms with E-state index in [4.69, 9.17) is 4.74 Å². The maximum atomic E-state index is 12.1. The lowest BCUT2D eigenvalue weighted by molar-refractivity contribution is -0.121. The Morgan fingerprint density at radius 1 is 1.24 bits per heavy atom. The van der Waals surface area contributed by atoms with E-state index >= 15 is 0 Å². The lowest BCUT2D eigenvalue weighted by Crippen LogP contribution is -2.39. The van der Waals surface area contributed by atoms with E-state index in [0.717, 1.165) is 18.5 Å². The van der Waals surface area contributed by atoms with Gasteiger partial charge in [-0.3, -0.25) is 9.59 Å². The smallest absolute Gasteiger partial charge is 0.265 e. The van der Waals surface area contributed by atoms with Crippen LogP contribution in [0.5, 0.6) is 5.75 Å². The molecule has 4 nitrogen and oxygen atoms in total. The molecule has 1 aliphatic rings. The van der Waals surface area contributed by atoms with Gasteiger partial charge in [0.1, 0.15) is 5.75 Å². The second-order valence-corrected chi connectivity index (χ2v) is 5.35. The fourth-order valence-electron chi connectivity index (χ4n) is 2.52. The Hall–Kier alpha value is -1.84. The van der Waals surface area contributed by atoms with Crippen LogP contribution < -0.4 is 9.64 Å². The minimum atomic E-state index is -0.0277. The molecule has 0 aliphatic carbocycles. The molecule has 0 saturated carbocycles. The van der Waals surface area contributed by atoms with Crippen molar-refractivity contribution in [3.05, 3.63) is 23.8 Å². The van der Waals surface area contributed by atoms with E-state index in [-0.39, 0.29) is 18.3 Å². The Balaban J connectivity index is 2.19. The summed E-state index contributed by atoms with van der Waals surface area (Å²) in [5.74, 6) is 0.750. The van der Waals surface area contributed by atoms with Crippen LogP contribution in [0.1, 0.15) is 56.3 Å². The Morgan fingerprint density at radius 2 is 2.05 bits per heavy atom. The predicted molar refractivity (Wildman–Crippen MR) is 83.1 cm³/mol. The number of carbonyl (C=O) groups is 2. The van der Waals surface area contributed by atoms with E-state index in [1.165, 1.54) is 12.8 Å². The van der Waals surface area contributed by atoms with Crippen LogP contribution in [-0.2, 0) is 4.79 Å². The molecule has 0 bridgehead atoms. The first-order chi connectivity index (χ1) is 10.2. The van der Waals surface area contributed by atoms with Gasteiger partial charge in [-0.1, -0.05) is 33.1 Å². The number of rotatable bonds is 7. The van der Waals surface area contributed by atoms with Crippen molar-refractivity contribution in [3.8, 4) is 5.75 Å². The molecule has 0 aromatic heterocycles. The molecule has 0 atom stereocenters. The van der Waals surface area contributed by atoms with Crippen LogP contribution >= 0.6 is 0 Å². The number of fused-ring (bicyclic) bond motifs is 1. The Kier molecular flexibility index (Phi) is 5.37. The zero-order chi connectivity index (χ0) is 15.2. The average Bonchev–Trinajstić information content (AvgIpc) is 2.52. The molecule has 1 aromatic carbocycles. The Labute approximate surface area is 126 Å². The molecule has 4 heteroatoms. The number of ether oxygens (including phenoxy) is 1. The third kappa shape index (κ3) is 3.63. The quantitative estimate of drug-likeness (QED) is 0.569. The van der Waals surface area contributed by atoms with Crippen molar-refractivity contribution in [1.29, 1.82) is 0 Å². The van der Waals surface area contributed by atoms with Gasteiger partial charge in [0.05, 0.1) is 5.69 Å². The molecular weight excluding hydrogens is 266 g/mol. The molecular formula is C17H23NO3. The maximum Gasteiger partial charge on any atom is 0.265 e. The number of amides is 1. The van der Waals surface area contributed by atoms with Gasteiger partial charge in [0.2, 0.25) is 0 Å². The van der Waals surface area contributed by atoms with E-state index in [1.807, 2.05) is 6.92 Å². The van der Waals surface area contributed by atoms with Crippen LogP contribution in [-0.4, -0.2) is 24.8 Å². The highest BCUT2D eigenvalue weighted by Gasteiger charge is 2.25. The zero-order valence-corrected chi connectivity index (χ0v) is 12.9. The minimum Gasteiger partial charge on any atom is -0.482 e. The van der Waals surface area contributed by atoms with Crippen LogP contribution in [0.3, 0.4) is 0 Å². The summed E-state index contributed by atoms with van der Waals surface area (Å²) in [5.41, 5.74) is 1.38. The average molecular weight is 289 g/mol. The Bertz CT molecular complexity index is 525. The standard InChI is InChI=1S/C17H23NO3/c1-3-5-6-7-10-18-14-11-13(15(19)4-2)8-9-16(14)21-12-17(18)20/h8-9,11H,3-7,10,12H2,1-2H3. The molecule has 0 fully saturated rings. The third-order valence-electron chi connectivity index (χ3n) is 3.78. The number of ketones is 1. The van der Waals surface area contributed by atoms with Gasteiger partial charge in [-0.15, -0.1) is 0 Å². The molecule has 21 heavy (non-hydrogen) atoms. The molecule has 0 spiro atoms. The van der Waals surface area contributed by atoms with Crippen LogP contribution in [0.25, 0.3) is 0 Å². The Morgan fingerprint density at radius 3 is 2.76 bits per heavy atom. The van der Waals surface area contributed by atoms with E-state index < -0.39 is 0 Å². The van der Waals surface area contributed by atoms with E-state index in [9.17, 15) is 9.59 Å². The summed E-state index contributed by atoms with van der Waals surface area (Å²) >= 11 is 0. The van der Waals surface area contributed by atoms with Crippen LogP contribution in [0, 0.1) is 0 Å². The fraction of sp³-hybridized carbons (Fsp3) is 0.529. The molecule has 1 amide bonds. The second kappa shape index (κ2) is 7.25. The number of unbranched alkanes of at least 4 members (excludes halogenated alkanes) is 3. The monoisotopic (exact) mass is 289 g/mol. The van der Waals surface area contributed by atoms with Gasteiger partial charge in [0.25, 0.3) is 5.91 Å². The van der Waals surface area contributed by atoms with Gasteiger partial charge in [0, 0.05) is 18.5 Å². The number of anilines is 1. The molecule has 0 N–H and O–H groups in total. The van der Waals surface area contributed by atoms with E-state index in [0.29, 0.717) is 24.3 Å². The van der Waals surface area contributed by atoms with Crippen molar-refractivity contribution in [1.82, 2.24) is 0 Å². The molecule has 0 unspecified atom stereocenters. The van der Waals surface area contributed by atoms with Gasteiger partial charge in [-0.05, 0) is 24.6 Å². The largest absolute Gasteiger partial charge is 0.482 e. The first-order valence-corrected chi connectivity index (χ1v) is 7.77. The molecule has 1 aromatic rings. The summed E-state index contributed by atoms with van der Waals surface area (Å²) in [6.07, 6.45) is 4.90. The lowest BCUT2D eigenvalue weighted by Gasteiger charge is -2.29. The summed E-state index contributed by atoms with van der Waals surface area (Å²) in [7, 11) is 0. The van der Waals surface area contributed by atoms with Gasteiger partial charge in [-0.25, -0.2) is 0 Å². The van der Waals surface area contributed by atoms with E-state index in [1.54, 1.807) is 23.1 Å². The third-order valence-corrected chi connectivity index (χ3v) is 3.78. The first-order valence-electron chi connectivity index (χ1n) is 7.77. The summed E-state index contributed by atoms with van der Waals surface area (Å²) in [4.78, 5) is 25.7. The fourth-order valence-corrected chi connectivity index (χ4v) is 2.52. The normalized spacial score (nSPS) is 13.8. The minimum absolute atomic E-state index is 0.0277. The number of hydrogen-bond acceptors (Lipinski definition) is 3. The lowest BCUT2D eigenvalue weighted by atomic mass is 10.1. The maximum absolute atomic E-state index is 12.1. The number of benzene rings is 1. The molecule has 1 aliphatic heterocycles. The number of nitrogens with zero attached hydrogens (tertiary/aromatic N) is 1. The molecule has 2 rings (SSSR count). The highest BCUT2D eigenvalue weighted by molar-refractivity contribution is 6.01. The zero-order valence-electron chi connectivity index (χ0n) is 12.9. The van der Waals surface area contributed by atoms with Crippen molar-refractivity contribution in [2.75, 3.05) is 18.1 Å². The van der Waals surface area contributed by atoms with Gasteiger partial charge in [-0.2, -0.15) is 0 Å². The van der Waals surface area contributed by atoms with Crippen molar-refractivity contribution >= 4 is 17.4 Å². The summed E-state index contributed by atoms with van der Waals surface area (Å²) < 4.78 is 5.46. The SMILES string of the molecule is CCCCCCN1C(=O)COc2ccc(C(=O)CC)cc21. The summed E-state index contributed by atoms with van der Waals surface area (Å²) in [5, 5.41) is 0. The summed E-state index contributed by atoms with van der Waals surface area (Å²) in [6.45, 7) is 4.78. The highest BCUT2D eigenvalue weighted by Crippen LogP contribution is 2.33. The van der Waals surface area contributed by atoms with Crippen LogP contribution in [0.15, 0.2) is 18.2 Å². The molecule has 114 valence electrons. The number of carbonyl (C=O) groups excluding carboxylic acids is 2. The predicted octanol–water partition coefficient (Wildman–Crippen LogP) is 3.59. The van der Waals surface area contributed by atoms with E-state index in [2.05, 4.69) is 6.92 Å².